The Morgan fingerprint density at radius 1 is 1.14 bits per heavy atom. The second-order valence-electron chi connectivity index (χ2n) is 6.22. The molecule has 2 aromatic carbocycles. The molecule has 1 unspecified atom stereocenters. The third-order valence-electron chi connectivity index (χ3n) is 4.45. The lowest BCUT2D eigenvalue weighted by Gasteiger charge is -2.15. The molecule has 0 radical (unpaired) electrons. The summed E-state index contributed by atoms with van der Waals surface area (Å²) in [7, 11) is 0. The van der Waals surface area contributed by atoms with E-state index in [2.05, 4.69) is 9.98 Å². The van der Waals surface area contributed by atoms with Gasteiger partial charge >= 0.3 is 0 Å². The van der Waals surface area contributed by atoms with E-state index in [9.17, 15) is 13.6 Å². The van der Waals surface area contributed by atoms with Gasteiger partial charge < -0.3 is 10.3 Å². The second kappa shape index (κ2) is 6.68. The number of primary amides is 1. The van der Waals surface area contributed by atoms with E-state index in [-0.39, 0.29) is 32.6 Å². The van der Waals surface area contributed by atoms with Crippen LogP contribution in [0, 0.1) is 11.6 Å². The van der Waals surface area contributed by atoms with E-state index >= 15 is 0 Å². The van der Waals surface area contributed by atoms with Crippen LogP contribution in [-0.4, -0.2) is 21.2 Å². The van der Waals surface area contributed by atoms with Crippen LogP contribution in [0.3, 0.4) is 0 Å². The molecule has 1 atom stereocenters. The number of rotatable bonds is 2. The molecule has 28 heavy (non-hydrogen) atoms. The highest BCUT2D eigenvalue weighted by Crippen LogP contribution is 2.38. The van der Waals surface area contributed by atoms with Crippen molar-refractivity contribution in [1.29, 1.82) is 0 Å². The summed E-state index contributed by atoms with van der Waals surface area (Å²) in [5, 5.41) is 0.270. The van der Waals surface area contributed by atoms with Crippen molar-refractivity contribution in [2.45, 2.75) is 13.0 Å². The first-order valence-electron chi connectivity index (χ1n) is 8.19. The Labute approximate surface area is 168 Å². The Hall–Kier alpha value is -2.77. The number of aromatic nitrogens is 2. The molecule has 1 aromatic heterocycles. The summed E-state index contributed by atoms with van der Waals surface area (Å²) < 4.78 is 30.7. The largest absolute Gasteiger partial charge is 0.364 e. The van der Waals surface area contributed by atoms with Crippen LogP contribution in [0.15, 0.2) is 41.5 Å². The Balaban J connectivity index is 2.11. The van der Waals surface area contributed by atoms with Gasteiger partial charge in [-0.2, -0.15) is 0 Å². The SMILES string of the molecule is CC1N=C(c2c(F)cccc2F)c2c(ccc(Cl)c2Cl)-n2cc(C(N)=O)nc21. The van der Waals surface area contributed by atoms with Crippen LogP contribution in [0.25, 0.3) is 5.69 Å². The summed E-state index contributed by atoms with van der Waals surface area (Å²) in [6.07, 6.45) is 1.44. The second-order valence-corrected chi connectivity index (χ2v) is 7.01. The first kappa shape index (κ1) is 18.6. The molecule has 2 heterocycles. The highest BCUT2D eigenvalue weighted by atomic mass is 35.5. The lowest BCUT2D eigenvalue weighted by molar-refractivity contribution is 0.0996. The average Bonchev–Trinajstić information content (AvgIpc) is 3.04. The molecular weight excluding hydrogens is 409 g/mol. The number of hydrogen-bond acceptors (Lipinski definition) is 3. The lowest BCUT2D eigenvalue weighted by Crippen LogP contribution is -2.13. The van der Waals surface area contributed by atoms with Crippen molar-refractivity contribution < 1.29 is 13.6 Å². The van der Waals surface area contributed by atoms with Crippen molar-refractivity contribution in [3.8, 4) is 5.69 Å². The van der Waals surface area contributed by atoms with Crippen LogP contribution < -0.4 is 5.73 Å². The number of carbonyl (C=O) groups is 1. The number of nitrogens with two attached hydrogens (primary N) is 1. The number of hydrogen-bond donors (Lipinski definition) is 1. The molecule has 2 N–H and O–H groups in total. The van der Waals surface area contributed by atoms with Gasteiger partial charge in [-0.05, 0) is 31.2 Å². The zero-order chi connectivity index (χ0) is 20.2. The topological polar surface area (TPSA) is 73.3 Å². The Morgan fingerprint density at radius 2 is 1.82 bits per heavy atom. The van der Waals surface area contributed by atoms with E-state index in [1.54, 1.807) is 23.6 Å². The third-order valence-corrected chi connectivity index (χ3v) is 5.26. The number of carbonyl (C=O) groups excluding carboxylic acids is 1. The zero-order valence-corrected chi connectivity index (χ0v) is 15.9. The summed E-state index contributed by atoms with van der Waals surface area (Å²) in [5.74, 6) is -1.91. The highest BCUT2D eigenvalue weighted by molar-refractivity contribution is 6.45. The zero-order valence-electron chi connectivity index (χ0n) is 14.4. The highest BCUT2D eigenvalue weighted by Gasteiger charge is 2.30. The predicted molar refractivity (Wildman–Crippen MR) is 103 cm³/mol. The molecule has 0 saturated carbocycles. The van der Waals surface area contributed by atoms with Crippen LogP contribution >= 0.6 is 23.2 Å². The summed E-state index contributed by atoms with van der Waals surface area (Å²) in [6.45, 7) is 1.68. The molecule has 0 aliphatic carbocycles. The van der Waals surface area contributed by atoms with E-state index in [4.69, 9.17) is 28.9 Å². The molecule has 1 amide bonds. The van der Waals surface area contributed by atoms with Crippen molar-refractivity contribution in [2.75, 3.05) is 0 Å². The lowest BCUT2D eigenvalue weighted by atomic mass is 9.99. The van der Waals surface area contributed by atoms with Gasteiger partial charge in [0.1, 0.15) is 29.2 Å². The molecule has 9 heteroatoms. The molecule has 0 saturated heterocycles. The van der Waals surface area contributed by atoms with Crippen LogP contribution in [0.1, 0.15) is 40.4 Å². The molecule has 3 aromatic rings. The third kappa shape index (κ3) is 2.78. The first-order chi connectivity index (χ1) is 13.3. The van der Waals surface area contributed by atoms with E-state index < -0.39 is 23.6 Å². The maximum Gasteiger partial charge on any atom is 0.268 e. The predicted octanol–water partition coefficient (Wildman–Crippen LogP) is 4.47. The normalized spacial score (nSPS) is 15.5. The summed E-state index contributed by atoms with van der Waals surface area (Å²) in [5.41, 5.74) is 5.73. The molecule has 0 bridgehead atoms. The molecule has 0 spiro atoms. The van der Waals surface area contributed by atoms with Gasteiger partial charge in [0.25, 0.3) is 5.91 Å². The molecule has 5 nitrogen and oxygen atoms in total. The van der Waals surface area contributed by atoms with Crippen molar-refractivity contribution in [2.24, 2.45) is 10.7 Å². The summed E-state index contributed by atoms with van der Waals surface area (Å²) in [6, 6.07) is 6.05. The van der Waals surface area contributed by atoms with Gasteiger partial charge in [0.05, 0.1) is 27.0 Å². The minimum atomic E-state index is -0.787. The maximum absolute atomic E-state index is 14.6. The van der Waals surface area contributed by atoms with Crippen LogP contribution in [0.2, 0.25) is 10.0 Å². The van der Waals surface area contributed by atoms with Crippen LogP contribution in [0.5, 0.6) is 0 Å². The van der Waals surface area contributed by atoms with Gasteiger partial charge in [0.2, 0.25) is 0 Å². The molecule has 1 aliphatic heterocycles. The minimum absolute atomic E-state index is 0.0109. The van der Waals surface area contributed by atoms with Gasteiger partial charge in [-0.15, -0.1) is 0 Å². The molecule has 142 valence electrons. The van der Waals surface area contributed by atoms with Crippen molar-refractivity contribution in [1.82, 2.24) is 9.55 Å². The number of aliphatic imine (C=N–C) groups is 1. The fraction of sp³-hybridized carbons (Fsp3) is 0.105. The number of halogens is 4. The Morgan fingerprint density at radius 3 is 2.46 bits per heavy atom. The maximum atomic E-state index is 14.6. The smallest absolute Gasteiger partial charge is 0.268 e. The van der Waals surface area contributed by atoms with Gasteiger partial charge in [-0.3, -0.25) is 9.79 Å². The Kier molecular flexibility index (Phi) is 4.44. The fourth-order valence-corrected chi connectivity index (χ4v) is 3.60. The molecule has 1 aliphatic rings. The number of imidazole rings is 1. The van der Waals surface area contributed by atoms with Gasteiger partial charge in [-0.1, -0.05) is 29.3 Å². The Bertz CT molecular complexity index is 1150. The number of nitrogens with zero attached hydrogens (tertiary/aromatic N) is 3. The standard InChI is InChI=1S/C19H12Cl2F2N4O/c1-8-19-26-12(18(24)28)7-27(19)13-6-5-9(20)16(21)15(13)17(25-8)14-10(22)3-2-4-11(14)23/h2-8H,1H3,(H2,24,28). The number of fused-ring (bicyclic) bond motifs is 3. The molecule has 0 fully saturated rings. The van der Waals surface area contributed by atoms with Crippen molar-refractivity contribution in [3.05, 3.63) is 80.9 Å². The van der Waals surface area contributed by atoms with Gasteiger partial charge in [-0.25, -0.2) is 13.8 Å². The van der Waals surface area contributed by atoms with Crippen molar-refractivity contribution >= 4 is 34.8 Å². The van der Waals surface area contributed by atoms with E-state index in [0.717, 1.165) is 12.1 Å². The number of amides is 1. The first-order valence-corrected chi connectivity index (χ1v) is 8.95. The van der Waals surface area contributed by atoms with Gasteiger partial charge in [0, 0.05) is 11.8 Å². The quantitative estimate of drug-likeness (QED) is 0.663. The molecule has 4 rings (SSSR count). The average molecular weight is 421 g/mol. The number of benzene rings is 2. The summed E-state index contributed by atoms with van der Waals surface area (Å²) >= 11 is 12.6. The summed E-state index contributed by atoms with van der Waals surface area (Å²) in [4.78, 5) is 20.3. The van der Waals surface area contributed by atoms with E-state index in [0.29, 0.717) is 11.5 Å². The van der Waals surface area contributed by atoms with Crippen LogP contribution in [-0.2, 0) is 0 Å². The van der Waals surface area contributed by atoms with Crippen molar-refractivity contribution in [3.63, 3.8) is 0 Å². The minimum Gasteiger partial charge on any atom is -0.364 e. The molecular formula is C19H12Cl2F2N4O. The van der Waals surface area contributed by atoms with E-state index in [1.165, 1.54) is 12.3 Å². The fourth-order valence-electron chi connectivity index (χ4n) is 3.20. The van der Waals surface area contributed by atoms with E-state index in [1.807, 2.05) is 0 Å². The van der Waals surface area contributed by atoms with Gasteiger partial charge in [0.15, 0.2) is 0 Å². The monoisotopic (exact) mass is 420 g/mol. The van der Waals surface area contributed by atoms with Crippen LogP contribution in [0.4, 0.5) is 8.78 Å².